The Morgan fingerprint density at radius 3 is 3.00 bits per heavy atom. The van der Waals surface area contributed by atoms with Crippen LogP contribution in [0.5, 0.6) is 0 Å². The Morgan fingerprint density at radius 1 is 1.23 bits per heavy atom. The number of benzene rings is 1. The number of hydrogen-bond acceptors (Lipinski definition) is 3. The Labute approximate surface area is 129 Å². The SMILES string of the molecule is Cc1nnc2n1CC(NC(=O)c1ccc3c(c1)CCC3)CC2. The molecule has 0 spiro atoms. The first-order valence-electron chi connectivity index (χ1n) is 8.02. The smallest absolute Gasteiger partial charge is 0.251 e. The van der Waals surface area contributed by atoms with Gasteiger partial charge in [0.2, 0.25) is 0 Å². The van der Waals surface area contributed by atoms with Crippen LogP contribution < -0.4 is 5.32 Å². The Morgan fingerprint density at radius 2 is 2.09 bits per heavy atom. The zero-order valence-corrected chi connectivity index (χ0v) is 12.8. The van der Waals surface area contributed by atoms with E-state index in [2.05, 4.69) is 32.2 Å². The number of fused-ring (bicyclic) bond motifs is 2. The quantitative estimate of drug-likeness (QED) is 0.919. The second-order valence-corrected chi connectivity index (χ2v) is 6.32. The molecule has 0 saturated carbocycles. The van der Waals surface area contributed by atoms with Gasteiger partial charge in [0.05, 0.1) is 0 Å². The van der Waals surface area contributed by atoms with Crippen LogP contribution in [0.25, 0.3) is 0 Å². The number of nitrogens with one attached hydrogen (secondary N) is 1. The van der Waals surface area contributed by atoms with Gasteiger partial charge >= 0.3 is 0 Å². The van der Waals surface area contributed by atoms with Crippen LogP contribution in [0.15, 0.2) is 18.2 Å². The average molecular weight is 296 g/mol. The van der Waals surface area contributed by atoms with Gasteiger partial charge in [-0.2, -0.15) is 0 Å². The summed E-state index contributed by atoms with van der Waals surface area (Å²) in [4.78, 5) is 12.5. The van der Waals surface area contributed by atoms with Crippen LogP contribution in [-0.4, -0.2) is 26.7 Å². The zero-order valence-electron chi connectivity index (χ0n) is 12.8. The molecule has 1 atom stereocenters. The van der Waals surface area contributed by atoms with Gasteiger partial charge in [-0.25, -0.2) is 0 Å². The number of hydrogen-bond donors (Lipinski definition) is 1. The molecule has 1 amide bonds. The fourth-order valence-electron chi connectivity index (χ4n) is 3.56. The summed E-state index contributed by atoms with van der Waals surface area (Å²) < 4.78 is 2.11. The van der Waals surface area contributed by atoms with E-state index in [1.807, 2.05) is 13.0 Å². The van der Waals surface area contributed by atoms with Gasteiger partial charge in [-0.15, -0.1) is 10.2 Å². The number of carbonyl (C=O) groups excluding carboxylic acids is 1. The molecule has 0 fully saturated rings. The van der Waals surface area contributed by atoms with E-state index < -0.39 is 0 Å². The molecule has 1 unspecified atom stereocenters. The number of carbonyl (C=O) groups is 1. The Kier molecular flexibility index (Phi) is 3.21. The standard InChI is InChI=1S/C17H20N4O/c1-11-19-20-16-8-7-15(10-21(11)16)18-17(22)14-6-5-12-3-2-4-13(12)9-14/h5-6,9,15H,2-4,7-8,10H2,1H3,(H,18,22). The molecular weight excluding hydrogens is 276 g/mol. The maximum absolute atomic E-state index is 12.5. The van der Waals surface area contributed by atoms with Crippen molar-refractivity contribution in [2.45, 2.75) is 51.6 Å². The van der Waals surface area contributed by atoms with Crippen molar-refractivity contribution in [3.05, 3.63) is 46.5 Å². The maximum atomic E-state index is 12.5. The van der Waals surface area contributed by atoms with E-state index in [1.165, 1.54) is 17.5 Å². The Hall–Kier alpha value is -2.17. The van der Waals surface area contributed by atoms with Gasteiger partial charge < -0.3 is 9.88 Å². The summed E-state index contributed by atoms with van der Waals surface area (Å²) in [6, 6.07) is 6.29. The Balaban J connectivity index is 1.48. The normalized spacial score (nSPS) is 19.6. The van der Waals surface area contributed by atoms with E-state index in [4.69, 9.17) is 0 Å². The van der Waals surface area contributed by atoms with Crippen molar-refractivity contribution in [2.24, 2.45) is 0 Å². The molecule has 5 heteroatoms. The van der Waals surface area contributed by atoms with Crippen molar-refractivity contribution in [2.75, 3.05) is 0 Å². The van der Waals surface area contributed by atoms with Gasteiger partial charge in [-0.05, 0) is 55.9 Å². The Bertz CT molecular complexity index is 734. The molecule has 2 heterocycles. The van der Waals surface area contributed by atoms with E-state index in [0.29, 0.717) is 0 Å². The highest BCUT2D eigenvalue weighted by molar-refractivity contribution is 5.94. The minimum absolute atomic E-state index is 0.0360. The molecule has 1 N–H and O–H groups in total. The average Bonchev–Trinajstić information content (AvgIpc) is 3.13. The third-order valence-electron chi connectivity index (χ3n) is 4.83. The number of rotatable bonds is 2. The molecule has 4 rings (SSSR count). The predicted molar refractivity (Wildman–Crippen MR) is 82.8 cm³/mol. The minimum atomic E-state index is 0.0360. The van der Waals surface area contributed by atoms with Gasteiger partial charge in [0.1, 0.15) is 11.6 Å². The van der Waals surface area contributed by atoms with E-state index in [0.717, 1.165) is 49.4 Å². The highest BCUT2D eigenvalue weighted by Gasteiger charge is 2.23. The van der Waals surface area contributed by atoms with Gasteiger partial charge in [0.15, 0.2) is 0 Å². The molecular formula is C17H20N4O. The first-order chi connectivity index (χ1) is 10.7. The van der Waals surface area contributed by atoms with Crippen molar-refractivity contribution in [3.63, 3.8) is 0 Å². The first kappa shape index (κ1) is 13.5. The third kappa shape index (κ3) is 2.30. The lowest BCUT2D eigenvalue weighted by molar-refractivity contribution is 0.0927. The van der Waals surface area contributed by atoms with Crippen LogP contribution >= 0.6 is 0 Å². The molecule has 1 aromatic heterocycles. The molecule has 1 aliphatic carbocycles. The highest BCUT2D eigenvalue weighted by Crippen LogP contribution is 2.23. The summed E-state index contributed by atoms with van der Waals surface area (Å²) in [5.74, 6) is 1.99. The molecule has 1 aliphatic heterocycles. The summed E-state index contributed by atoms with van der Waals surface area (Å²) in [7, 11) is 0. The molecule has 114 valence electrons. The van der Waals surface area contributed by atoms with E-state index in [-0.39, 0.29) is 11.9 Å². The minimum Gasteiger partial charge on any atom is -0.347 e. The third-order valence-corrected chi connectivity index (χ3v) is 4.83. The van der Waals surface area contributed by atoms with Gasteiger partial charge in [0, 0.05) is 24.6 Å². The van der Waals surface area contributed by atoms with Gasteiger partial charge in [-0.1, -0.05) is 6.07 Å². The molecule has 5 nitrogen and oxygen atoms in total. The number of aromatic nitrogens is 3. The van der Waals surface area contributed by atoms with Crippen molar-refractivity contribution in [3.8, 4) is 0 Å². The fraction of sp³-hybridized carbons (Fsp3) is 0.471. The van der Waals surface area contributed by atoms with E-state index in [1.54, 1.807) is 0 Å². The fourth-order valence-corrected chi connectivity index (χ4v) is 3.56. The number of amides is 1. The van der Waals surface area contributed by atoms with Crippen LogP contribution in [0, 0.1) is 6.92 Å². The summed E-state index contributed by atoms with van der Waals surface area (Å²) in [5, 5.41) is 11.4. The van der Waals surface area contributed by atoms with E-state index >= 15 is 0 Å². The monoisotopic (exact) mass is 296 g/mol. The lowest BCUT2D eigenvalue weighted by Gasteiger charge is -2.25. The lowest BCUT2D eigenvalue weighted by Crippen LogP contribution is -2.41. The summed E-state index contributed by atoms with van der Waals surface area (Å²) in [6.45, 7) is 2.73. The highest BCUT2D eigenvalue weighted by atomic mass is 16.1. The topological polar surface area (TPSA) is 59.8 Å². The number of nitrogens with zero attached hydrogens (tertiary/aromatic N) is 3. The molecule has 2 aromatic rings. The summed E-state index contributed by atoms with van der Waals surface area (Å²) in [5.41, 5.74) is 3.53. The molecule has 2 aliphatic rings. The van der Waals surface area contributed by atoms with Crippen LogP contribution in [0.1, 0.15) is 46.0 Å². The van der Waals surface area contributed by atoms with Crippen LogP contribution in [0.4, 0.5) is 0 Å². The van der Waals surface area contributed by atoms with Crippen molar-refractivity contribution in [1.82, 2.24) is 20.1 Å². The second-order valence-electron chi connectivity index (χ2n) is 6.32. The van der Waals surface area contributed by atoms with Crippen LogP contribution in [0.2, 0.25) is 0 Å². The summed E-state index contributed by atoms with van der Waals surface area (Å²) in [6.07, 6.45) is 5.25. The summed E-state index contributed by atoms with van der Waals surface area (Å²) >= 11 is 0. The first-order valence-corrected chi connectivity index (χ1v) is 8.02. The van der Waals surface area contributed by atoms with Crippen molar-refractivity contribution >= 4 is 5.91 Å². The van der Waals surface area contributed by atoms with Crippen molar-refractivity contribution < 1.29 is 4.79 Å². The van der Waals surface area contributed by atoms with E-state index in [9.17, 15) is 4.79 Å². The van der Waals surface area contributed by atoms with Crippen LogP contribution in [0.3, 0.4) is 0 Å². The lowest BCUT2D eigenvalue weighted by atomic mass is 10.0. The molecule has 1 aromatic carbocycles. The number of aryl methyl sites for hydroxylation is 4. The predicted octanol–water partition coefficient (Wildman–Crippen LogP) is 1.82. The van der Waals surface area contributed by atoms with Crippen LogP contribution in [-0.2, 0) is 25.8 Å². The van der Waals surface area contributed by atoms with Gasteiger partial charge in [-0.3, -0.25) is 4.79 Å². The second kappa shape index (κ2) is 5.23. The molecule has 22 heavy (non-hydrogen) atoms. The van der Waals surface area contributed by atoms with Gasteiger partial charge in [0.25, 0.3) is 5.91 Å². The molecule has 0 saturated heterocycles. The van der Waals surface area contributed by atoms with Crippen molar-refractivity contribution in [1.29, 1.82) is 0 Å². The zero-order chi connectivity index (χ0) is 15.1. The molecule has 0 radical (unpaired) electrons. The maximum Gasteiger partial charge on any atom is 0.251 e. The molecule has 0 bridgehead atoms. The largest absolute Gasteiger partial charge is 0.347 e.